The third-order valence-electron chi connectivity index (χ3n) is 5.03. The van der Waals surface area contributed by atoms with Gasteiger partial charge in [-0.2, -0.15) is 5.10 Å². The van der Waals surface area contributed by atoms with Crippen LogP contribution in [0.2, 0.25) is 0 Å². The highest BCUT2D eigenvalue weighted by molar-refractivity contribution is 6.06. The molecule has 0 saturated carbocycles. The Morgan fingerprint density at radius 1 is 1.04 bits per heavy atom. The zero-order chi connectivity index (χ0) is 20.6. The van der Waals surface area contributed by atoms with E-state index in [-0.39, 0.29) is 5.91 Å². The zero-order valence-corrected chi connectivity index (χ0v) is 16.6. The van der Waals surface area contributed by atoms with E-state index in [1.54, 1.807) is 56.0 Å². The van der Waals surface area contributed by atoms with Crippen molar-refractivity contribution in [3.8, 4) is 5.82 Å². The predicted octanol–water partition coefficient (Wildman–Crippen LogP) is 3.44. The molecule has 3 aromatic rings. The molecular formula is C21H24N4O3. The Balaban J connectivity index is 1.88. The van der Waals surface area contributed by atoms with Crippen molar-refractivity contribution in [3.63, 3.8) is 0 Å². The number of aromatic nitrogens is 3. The van der Waals surface area contributed by atoms with E-state index in [2.05, 4.69) is 10.4 Å². The monoisotopic (exact) mass is 380 g/mol. The Bertz CT molecular complexity index is 1020. The molecule has 0 radical (unpaired) electrons. The molecule has 28 heavy (non-hydrogen) atoms. The summed E-state index contributed by atoms with van der Waals surface area (Å²) in [6.07, 6.45) is 1.55. The van der Waals surface area contributed by atoms with Gasteiger partial charge < -0.3 is 15.0 Å². The van der Waals surface area contributed by atoms with Crippen LogP contribution in [0.1, 0.15) is 41.2 Å². The van der Waals surface area contributed by atoms with Crippen LogP contribution in [-0.4, -0.2) is 31.3 Å². The van der Waals surface area contributed by atoms with E-state index in [1.165, 1.54) is 0 Å². The summed E-state index contributed by atoms with van der Waals surface area (Å²) in [6.45, 7) is 7.24. The fraction of sp³-hybridized carbons (Fsp3) is 0.286. The first-order valence-electron chi connectivity index (χ1n) is 8.95. The third-order valence-corrected chi connectivity index (χ3v) is 5.03. The number of hydrogen-bond donors (Lipinski definition) is 2. The molecule has 0 spiro atoms. The van der Waals surface area contributed by atoms with Crippen LogP contribution in [0.5, 0.6) is 0 Å². The normalized spacial score (nSPS) is 11.5. The highest BCUT2D eigenvalue weighted by Gasteiger charge is 2.29. The lowest BCUT2D eigenvalue weighted by Gasteiger charge is -2.20. The molecule has 0 fully saturated rings. The standard InChI is InChI=1S/C21H24N4O3/c1-13-6-7-14(2)25(13)19-17(12-22-24(19)5)18(26)23-16-10-8-15(9-11-16)21(3,4)20(27)28/h6-12H,1-5H3,(H,23,26)(H,27,28). The maximum absolute atomic E-state index is 12.9. The van der Waals surface area contributed by atoms with Crippen molar-refractivity contribution in [2.45, 2.75) is 33.1 Å². The lowest BCUT2D eigenvalue weighted by atomic mass is 9.85. The van der Waals surface area contributed by atoms with Crippen LogP contribution in [0.15, 0.2) is 42.6 Å². The molecule has 7 nitrogen and oxygen atoms in total. The Morgan fingerprint density at radius 3 is 2.14 bits per heavy atom. The van der Waals surface area contributed by atoms with E-state index < -0.39 is 11.4 Å². The molecule has 0 bridgehead atoms. The number of hydrogen-bond acceptors (Lipinski definition) is 3. The molecule has 3 rings (SSSR count). The summed E-state index contributed by atoms with van der Waals surface area (Å²) < 4.78 is 3.66. The van der Waals surface area contributed by atoms with Gasteiger partial charge in [0.25, 0.3) is 5.91 Å². The molecule has 7 heteroatoms. The average molecular weight is 380 g/mol. The van der Waals surface area contributed by atoms with Crippen molar-refractivity contribution < 1.29 is 14.7 Å². The smallest absolute Gasteiger partial charge is 0.313 e. The van der Waals surface area contributed by atoms with Crippen LogP contribution in [0.4, 0.5) is 5.69 Å². The second kappa shape index (κ2) is 6.99. The van der Waals surface area contributed by atoms with Gasteiger partial charge in [-0.1, -0.05) is 12.1 Å². The summed E-state index contributed by atoms with van der Waals surface area (Å²) >= 11 is 0. The molecule has 0 atom stereocenters. The SMILES string of the molecule is Cc1ccc(C)n1-c1c(C(=O)Nc2ccc(C(C)(C)C(=O)O)cc2)cnn1C. The van der Waals surface area contributed by atoms with E-state index in [9.17, 15) is 14.7 Å². The molecule has 146 valence electrons. The fourth-order valence-corrected chi connectivity index (χ4v) is 3.15. The Hall–Kier alpha value is -3.35. The van der Waals surface area contributed by atoms with Gasteiger partial charge in [0.15, 0.2) is 0 Å². The molecule has 0 saturated heterocycles. The van der Waals surface area contributed by atoms with Crippen LogP contribution < -0.4 is 5.32 Å². The van der Waals surface area contributed by atoms with E-state index in [4.69, 9.17) is 0 Å². The molecule has 0 unspecified atom stereocenters. The average Bonchev–Trinajstić information content (AvgIpc) is 3.17. The van der Waals surface area contributed by atoms with Crippen LogP contribution in [0, 0.1) is 13.8 Å². The minimum absolute atomic E-state index is 0.277. The lowest BCUT2D eigenvalue weighted by Crippen LogP contribution is -2.28. The summed E-state index contributed by atoms with van der Waals surface area (Å²) in [7, 11) is 1.80. The minimum Gasteiger partial charge on any atom is -0.481 e. The first kappa shape index (κ1) is 19.4. The van der Waals surface area contributed by atoms with E-state index in [0.717, 1.165) is 11.4 Å². The number of amides is 1. The maximum atomic E-state index is 12.9. The second-order valence-corrected chi connectivity index (χ2v) is 7.42. The van der Waals surface area contributed by atoms with Crippen molar-refractivity contribution in [1.82, 2.24) is 14.3 Å². The summed E-state index contributed by atoms with van der Waals surface area (Å²) in [5.74, 6) is -0.483. The van der Waals surface area contributed by atoms with Gasteiger partial charge in [0.1, 0.15) is 11.4 Å². The molecule has 0 aliphatic rings. The van der Waals surface area contributed by atoms with Gasteiger partial charge in [-0.3, -0.25) is 14.3 Å². The molecule has 2 N–H and O–H groups in total. The number of carboxylic acids is 1. The van der Waals surface area contributed by atoms with Crippen LogP contribution in [-0.2, 0) is 17.3 Å². The molecule has 2 aromatic heterocycles. The first-order valence-corrected chi connectivity index (χ1v) is 8.95. The number of carbonyl (C=O) groups excluding carboxylic acids is 1. The highest BCUT2D eigenvalue weighted by atomic mass is 16.4. The summed E-state index contributed by atoms with van der Waals surface area (Å²) in [5, 5.41) is 16.5. The summed E-state index contributed by atoms with van der Waals surface area (Å²) in [4.78, 5) is 24.3. The second-order valence-electron chi connectivity index (χ2n) is 7.42. The van der Waals surface area contributed by atoms with Crippen LogP contribution >= 0.6 is 0 Å². The van der Waals surface area contributed by atoms with Crippen molar-refractivity contribution >= 4 is 17.6 Å². The largest absolute Gasteiger partial charge is 0.481 e. The van der Waals surface area contributed by atoms with E-state index >= 15 is 0 Å². The van der Waals surface area contributed by atoms with E-state index in [1.807, 2.05) is 30.5 Å². The minimum atomic E-state index is -0.997. The number of carbonyl (C=O) groups is 2. The summed E-state index contributed by atoms with van der Waals surface area (Å²) in [6, 6.07) is 10.8. The highest BCUT2D eigenvalue weighted by Crippen LogP contribution is 2.25. The van der Waals surface area contributed by atoms with Gasteiger partial charge >= 0.3 is 5.97 Å². The Labute approximate surface area is 163 Å². The fourth-order valence-electron chi connectivity index (χ4n) is 3.15. The Morgan fingerprint density at radius 2 is 1.61 bits per heavy atom. The van der Waals surface area contributed by atoms with Gasteiger partial charge in [-0.25, -0.2) is 0 Å². The van der Waals surface area contributed by atoms with Crippen molar-refractivity contribution in [2.24, 2.45) is 7.05 Å². The number of nitrogens with one attached hydrogen (secondary N) is 1. The van der Waals surface area contributed by atoms with Crippen molar-refractivity contribution in [3.05, 3.63) is 65.1 Å². The van der Waals surface area contributed by atoms with Crippen LogP contribution in [0.25, 0.3) is 5.82 Å². The molecule has 0 aliphatic heterocycles. The molecule has 1 aromatic carbocycles. The first-order chi connectivity index (χ1) is 13.1. The molecular weight excluding hydrogens is 356 g/mol. The number of aliphatic carboxylic acids is 1. The number of benzene rings is 1. The predicted molar refractivity (Wildman–Crippen MR) is 107 cm³/mol. The van der Waals surface area contributed by atoms with Crippen molar-refractivity contribution in [1.29, 1.82) is 0 Å². The number of rotatable bonds is 5. The number of nitrogens with zero attached hydrogens (tertiary/aromatic N) is 3. The third kappa shape index (κ3) is 3.31. The number of carboxylic acid groups (broad SMARTS) is 1. The Kier molecular flexibility index (Phi) is 4.85. The summed E-state index contributed by atoms with van der Waals surface area (Å²) in [5.41, 5.74) is 2.73. The quantitative estimate of drug-likeness (QED) is 0.710. The van der Waals surface area contributed by atoms with E-state index in [0.29, 0.717) is 22.6 Å². The van der Waals surface area contributed by atoms with Gasteiger partial charge in [-0.15, -0.1) is 0 Å². The molecule has 2 heterocycles. The van der Waals surface area contributed by atoms with Crippen LogP contribution in [0.3, 0.4) is 0 Å². The topological polar surface area (TPSA) is 89.2 Å². The molecule has 1 amide bonds. The van der Waals surface area contributed by atoms with Gasteiger partial charge in [0.05, 0.1) is 11.6 Å². The van der Waals surface area contributed by atoms with Gasteiger partial charge in [0.2, 0.25) is 0 Å². The zero-order valence-electron chi connectivity index (χ0n) is 16.6. The maximum Gasteiger partial charge on any atom is 0.313 e. The van der Waals surface area contributed by atoms with Gasteiger partial charge in [-0.05, 0) is 57.5 Å². The molecule has 0 aliphatic carbocycles. The van der Waals surface area contributed by atoms with Gasteiger partial charge in [0, 0.05) is 24.1 Å². The van der Waals surface area contributed by atoms with Crippen molar-refractivity contribution in [2.75, 3.05) is 5.32 Å². The lowest BCUT2D eigenvalue weighted by molar-refractivity contribution is -0.142. The number of anilines is 1. The number of aryl methyl sites for hydroxylation is 3.